The van der Waals surface area contributed by atoms with Crippen LogP contribution in [0.25, 0.3) is 0 Å². The Hall–Kier alpha value is -2.87. The summed E-state index contributed by atoms with van der Waals surface area (Å²) in [6.45, 7) is 0.257. The van der Waals surface area contributed by atoms with Crippen LogP contribution in [0.1, 0.15) is 26.5 Å². The summed E-state index contributed by atoms with van der Waals surface area (Å²) in [4.78, 5) is 30.0. The minimum atomic E-state index is -0.693. The van der Waals surface area contributed by atoms with Crippen molar-refractivity contribution >= 4 is 23.3 Å². The summed E-state index contributed by atoms with van der Waals surface area (Å²) in [6.07, 6.45) is 1.25. The lowest BCUT2D eigenvalue weighted by Gasteiger charge is -2.08. The minimum Gasteiger partial charge on any atom is -0.464 e. The third-order valence-electron chi connectivity index (χ3n) is 2.87. The second kappa shape index (κ2) is 6.06. The highest BCUT2D eigenvalue weighted by molar-refractivity contribution is 6.09. The fourth-order valence-corrected chi connectivity index (χ4v) is 1.77. The standard InChI is InChI=1S/C13H15N5O3/c1-21-13(20)11-10(16-6-17-11)12(19)18-8-2-3-9(15)7(4-8)5-14/h2-4,6H,5,14-15H2,1H3,(H,16,17)(H,18,19). The number of nitrogen functional groups attached to an aromatic ring is 1. The topological polar surface area (TPSA) is 136 Å². The number of hydrogen-bond acceptors (Lipinski definition) is 6. The zero-order chi connectivity index (χ0) is 15.4. The van der Waals surface area contributed by atoms with E-state index in [1.807, 2.05) is 0 Å². The third kappa shape index (κ3) is 3.00. The van der Waals surface area contributed by atoms with E-state index in [0.29, 0.717) is 16.9 Å². The van der Waals surface area contributed by atoms with E-state index in [-0.39, 0.29) is 17.9 Å². The van der Waals surface area contributed by atoms with Crippen LogP contribution in [0.2, 0.25) is 0 Å². The predicted octanol–water partition coefficient (Wildman–Crippen LogP) is 0.490. The molecule has 8 nitrogen and oxygen atoms in total. The normalized spacial score (nSPS) is 10.2. The Kier molecular flexibility index (Phi) is 4.19. The molecule has 1 amide bonds. The first-order valence-corrected chi connectivity index (χ1v) is 6.08. The molecule has 0 saturated carbocycles. The summed E-state index contributed by atoms with van der Waals surface area (Å²) in [5.74, 6) is -1.21. The molecule has 0 fully saturated rings. The lowest BCUT2D eigenvalue weighted by Crippen LogP contribution is -2.17. The second-order valence-corrected chi connectivity index (χ2v) is 4.19. The van der Waals surface area contributed by atoms with Gasteiger partial charge in [-0.25, -0.2) is 9.78 Å². The number of ether oxygens (including phenoxy) is 1. The van der Waals surface area contributed by atoms with E-state index in [1.165, 1.54) is 13.4 Å². The summed E-state index contributed by atoms with van der Waals surface area (Å²) in [5.41, 5.74) is 13.0. The fourth-order valence-electron chi connectivity index (χ4n) is 1.77. The van der Waals surface area contributed by atoms with E-state index >= 15 is 0 Å². The number of rotatable bonds is 4. The molecule has 6 N–H and O–H groups in total. The van der Waals surface area contributed by atoms with Crippen molar-refractivity contribution in [3.05, 3.63) is 41.5 Å². The van der Waals surface area contributed by atoms with Gasteiger partial charge in [0.05, 0.1) is 13.4 Å². The van der Waals surface area contributed by atoms with Gasteiger partial charge in [-0.15, -0.1) is 0 Å². The Balaban J connectivity index is 2.22. The number of amides is 1. The number of aromatic amines is 1. The van der Waals surface area contributed by atoms with Gasteiger partial charge >= 0.3 is 5.97 Å². The van der Waals surface area contributed by atoms with Gasteiger partial charge < -0.3 is 26.5 Å². The smallest absolute Gasteiger partial charge is 0.359 e. The molecule has 0 unspecified atom stereocenters. The van der Waals surface area contributed by atoms with Gasteiger partial charge in [-0.1, -0.05) is 0 Å². The average molecular weight is 289 g/mol. The number of anilines is 2. The second-order valence-electron chi connectivity index (χ2n) is 4.19. The van der Waals surface area contributed by atoms with Crippen LogP contribution in [0.15, 0.2) is 24.5 Å². The molecule has 1 heterocycles. The SMILES string of the molecule is COC(=O)c1nc[nH]c1C(=O)Nc1ccc(N)c(CN)c1. The number of aromatic nitrogens is 2. The Labute approximate surface area is 120 Å². The molecule has 2 aromatic rings. The molecule has 110 valence electrons. The predicted molar refractivity (Wildman–Crippen MR) is 76.6 cm³/mol. The van der Waals surface area contributed by atoms with Gasteiger partial charge in [-0.05, 0) is 23.8 Å². The number of carbonyl (C=O) groups excluding carboxylic acids is 2. The Bertz CT molecular complexity index is 680. The van der Waals surface area contributed by atoms with Gasteiger partial charge in [0.15, 0.2) is 5.69 Å². The third-order valence-corrected chi connectivity index (χ3v) is 2.87. The quantitative estimate of drug-likeness (QED) is 0.477. The van der Waals surface area contributed by atoms with Crippen molar-refractivity contribution in [2.45, 2.75) is 6.54 Å². The molecule has 8 heteroatoms. The lowest BCUT2D eigenvalue weighted by atomic mass is 10.1. The Morgan fingerprint density at radius 2 is 2.19 bits per heavy atom. The van der Waals surface area contributed by atoms with E-state index in [1.54, 1.807) is 18.2 Å². The summed E-state index contributed by atoms with van der Waals surface area (Å²) < 4.78 is 4.55. The first-order valence-electron chi connectivity index (χ1n) is 6.08. The molecule has 1 aromatic heterocycles. The number of nitrogens with two attached hydrogens (primary N) is 2. The molecule has 1 aromatic carbocycles. The molecule has 0 saturated heterocycles. The molecule has 0 atom stereocenters. The summed E-state index contributed by atoms with van der Waals surface area (Å²) >= 11 is 0. The maximum atomic E-state index is 12.1. The van der Waals surface area contributed by atoms with E-state index < -0.39 is 11.9 Å². The maximum absolute atomic E-state index is 12.1. The largest absolute Gasteiger partial charge is 0.464 e. The number of benzene rings is 1. The van der Waals surface area contributed by atoms with E-state index in [2.05, 4.69) is 20.0 Å². The van der Waals surface area contributed by atoms with Crippen LogP contribution in [-0.2, 0) is 11.3 Å². The van der Waals surface area contributed by atoms with Crippen LogP contribution in [0.5, 0.6) is 0 Å². The molecule has 0 aliphatic rings. The van der Waals surface area contributed by atoms with Gasteiger partial charge in [0.2, 0.25) is 0 Å². The van der Waals surface area contributed by atoms with E-state index in [0.717, 1.165) is 0 Å². The molecule has 0 spiro atoms. The number of nitrogens with zero attached hydrogens (tertiary/aromatic N) is 1. The van der Waals surface area contributed by atoms with Crippen molar-refractivity contribution in [3.63, 3.8) is 0 Å². The molecular formula is C13H15N5O3. The van der Waals surface area contributed by atoms with Crippen LogP contribution in [0.3, 0.4) is 0 Å². The minimum absolute atomic E-state index is 0.0213. The van der Waals surface area contributed by atoms with Crippen LogP contribution in [-0.4, -0.2) is 29.0 Å². The number of imidazole rings is 1. The van der Waals surface area contributed by atoms with Crippen LogP contribution in [0, 0.1) is 0 Å². The number of H-pyrrole nitrogens is 1. The number of carbonyl (C=O) groups is 2. The highest BCUT2D eigenvalue weighted by Crippen LogP contribution is 2.18. The molecule has 0 aliphatic carbocycles. The monoisotopic (exact) mass is 289 g/mol. The van der Waals surface area contributed by atoms with Crippen molar-refractivity contribution in [2.24, 2.45) is 5.73 Å². The molecule has 0 bridgehead atoms. The molecule has 21 heavy (non-hydrogen) atoms. The van der Waals surface area contributed by atoms with Gasteiger partial charge in [0.1, 0.15) is 5.69 Å². The van der Waals surface area contributed by atoms with E-state index in [9.17, 15) is 9.59 Å². The van der Waals surface area contributed by atoms with Gasteiger partial charge in [-0.2, -0.15) is 0 Å². The highest BCUT2D eigenvalue weighted by atomic mass is 16.5. The van der Waals surface area contributed by atoms with Crippen molar-refractivity contribution in [1.29, 1.82) is 0 Å². The van der Waals surface area contributed by atoms with Crippen molar-refractivity contribution < 1.29 is 14.3 Å². The Morgan fingerprint density at radius 1 is 1.43 bits per heavy atom. The average Bonchev–Trinajstić information content (AvgIpc) is 2.98. The zero-order valence-corrected chi connectivity index (χ0v) is 11.3. The maximum Gasteiger partial charge on any atom is 0.359 e. The van der Waals surface area contributed by atoms with Crippen LogP contribution < -0.4 is 16.8 Å². The first-order chi connectivity index (χ1) is 10.1. The van der Waals surface area contributed by atoms with Crippen molar-refractivity contribution in [2.75, 3.05) is 18.2 Å². The molecule has 0 radical (unpaired) electrons. The fraction of sp³-hybridized carbons (Fsp3) is 0.154. The molecular weight excluding hydrogens is 274 g/mol. The van der Waals surface area contributed by atoms with Gasteiger partial charge in [0.25, 0.3) is 5.91 Å². The van der Waals surface area contributed by atoms with E-state index in [4.69, 9.17) is 11.5 Å². The van der Waals surface area contributed by atoms with Crippen LogP contribution in [0.4, 0.5) is 11.4 Å². The summed E-state index contributed by atoms with van der Waals surface area (Å²) in [7, 11) is 1.21. The molecule has 0 aliphatic heterocycles. The zero-order valence-electron chi connectivity index (χ0n) is 11.3. The Morgan fingerprint density at radius 3 is 2.86 bits per heavy atom. The van der Waals surface area contributed by atoms with Crippen LogP contribution >= 0.6 is 0 Å². The van der Waals surface area contributed by atoms with Gasteiger partial charge in [0, 0.05) is 17.9 Å². The summed E-state index contributed by atoms with van der Waals surface area (Å²) in [6, 6.07) is 4.95. The first kappa shape index (κ1) is 14.5. The number of hydrogen-bond donors (Lipinski definition) is 4. The highest BCUT2D eigenvalue weighted by Gasteiger charge is 2.21. The lowest BCUT2D eigenvalue weighted by molar-refractivity contribution is 0.0591. The van der Waals surface area contributed by atoms with Gasteiger partial charge in [-0.3, -0.25) is 4.79 Å². The number of methoxy groups -OCH3 is 1. The summed E-state index contributed by atoms with van der Waals surface area (Å²) in [5, 5.41) is 2.64. The number of esters is 1. The van der Waals surface area contributed by atoms with Crippen molar-refractivity contribution in [3.8, 4) is 0 Å². The van der Waals surface area contributed by atoms with Crippen molar-refractivity contribution in [1.82, 2.24) is 9.97 Å². The molecule has 2 rings (SSSR count). The number of nitrogens with one attached hydrogen (secondary N) is 2.